The molecule has 0 saturated carbocycles. The Hall–Kier alpha value is -2.20. The van der Waals surface area contributed by atoms with E-state index in [2.05, 4.69) is 24.3 Å². The van der Waals surface area contributed by atoms with Crippen LogP contribution < -0.4 is 0 Å². The van der Waals surface area contributed by atoms with Crippen molar-refractivity contribution in [3.8, 4) is 0 Å². The van der Waals surface area contributed by atoms with Crippen LogP contribution >= 0.6 is 0 Å². The highest BCUT2D eigenvalue weighted by atomic mass is 16.4. The summed E-state index contributed by atoms with van der Waals surface area (Å²) in [5.74, 6) is -0.654. The minimum absolute atomic E-state index is 0.109. The van der Waals surface area contributed by atoms with E-state index in [9.17, 15) is 14.7 Å². The highest BCUT2D eigenvalue weighted by molar-refractivity contribution is 5.95. The number of carboxylic acid groups (broad SMARTS) is 1. The van der Waals surface area contributed by atoms with Crippen molar-refractivity contribution in [3.63, 3.8) is 0 Å². The van der Waals surface area contributed by atoms with Gasteiger partial charge in [0, 0.05) is 12.3 Å². The zero-order valence-corrected chi connectivity index (χ0v) is 15.5. The molecular formula is C22H30O4. The van der Waals surface area contributed by atoms with Crippen LogP contribution in [-0.2, 0) is 9.59 Å². The smallest absolute Gasteiger partial charge is 0.303 e. The van der Waals surface area contributed by atoms with Crippen molar-refractivity contribution in [2.24, 2.45) is 11.8 Å². The molecule has 1 aliphatic carbocycles. The van der Waals surface area contributed by atoms with Gasteiger partial charge < -0.3 is 10.2 Å². The lowest BCUT2D eigenvalue weighted by molar-refractivity contribution is -0.136. The minimum atomic E-state index is -0.770. The van der Waals surface area contributed by atoms with E-state index in [0.717, 1.165) is 19.3 Å². The summed E-state index contributed by atoms with van der Waals surface area (Å²) >= 11 is 0. The number of aliphatic carboxylic acids is 1. The van der Waals surface area contributed by atoms with Crippen molar-refractivity contribution in [1.82, 2.24) is 0 Å². The first-order chi connectivity index (χ1) is 12.5. The Kier molecular flexibility index (Phi) is 11.0. The fourth-order valence-electron chi connectivity index (χ4n) is 2.63. The van der Waals surface area contributed by atoms with Gasteiger partial charge in [0.2, 0.25) is 0 Å². The minimum Gasteiger partial charge on any atom is -0.481 e. The molecule has 0 saturated heterocycles. The van der Waals surface area contributed by atoms with Gasteiger partial charge in [0.15, 0.2) is 5.78 Å². The topological polar surface area (TPSA) is 74.6 Å². The molecular weight excluding hydrogens is 328 g/mol. The van der Waals surface area contributed by atoms with Crippen LogP contribution in [0.25, 0.3) is 0 Å². The third-order valence-electron chi connectivity index (χ3n) is 4.23. The SMILES string of the molecule is CC[C@H](O)/C=C/[C@H]1C(=O)C=C[C@H]1C/C=C\C/C=C\C/C=C\CCC(=O)O. The molecule has 0 spiro atoms. The van der Waals surface area contributed by atoms with Crippen LogP contribution in [0.1, 0.15) is 45.4 Å². The van der Waals surface area contributed by atoms with Gasteiger partial charge in [-0.25, -0.2) is 0 Å². The molecule has 0 heterocycles. The first kappa shape index (κ1) is 21.8. The van der Waals surface area contributed by atoms with Crippen LogP contribution in [0.2, 0.25) is 0 Å². The maximum atomic E-state index is 11.9. The highest BCUT2D eigenvalue weighted by Crippen LogP contribution is 2.27. The second-order valence-electron chi connectivity index (χ2n) is 6.37. The van der Waals surface area contributed by atoms with E-state index < -0.39 is 12.1 Å². The molecule has 4 nitrogen and oxygen atoms in total. The Morgan fingerprint density at radius 2 is 1.81 bits per heavy atom. The number of carbonyl (C=O) groups is 2. The van der Waals surface area contributed by atoms with Crippen molar-refractivity contribution in [1.29, 1.82) is 0 Å². The highest BCUT2D eigenvalue weighted by Gasteiger charge is 2.26. The van der Waals surface area contributed by atoms with Crippen LogP contribution in [0, 0.1) is 11.8 Å². The van der Waals surface area contributed by atoms with Gasteiger partial charge in [-0.3, -0.25) is 9.59 Å². The molecule has 0 radical (unpaired) electrons. The third kappa shape index (κ3) is 9.33. The molecule has 0 bridgehead atoms. The Morgan fingerprint density at radius 3 is 2.46 bits per heavy atom. The fraction of sp³-hybridized carbons (Fsp3) is 0.455. The van der Waals surface area contributed by atoms with Gasteiger partial charge in [-0.1, -0.05) is 61.6 Å². The van der Waals surface area contributed by atoms with Gasteiger partial charge >= 0.3 is 5.97 Å². The van der Waals surface area contributed by atoms with E-state index in [0.29, 0.717) is 12.8 Å². The van der Waals surface area contributed by atoms with Crippen molar-refractivity contribution in [2.45, 2.75) is 51.6 Å². The predicted molar refractivity (Wildman–Crippen MR) is 105 cm³/mol. The summed E-state index contributed by atoms with van der Waals surface area (Å²) in [6, 6.07) is 0. The summed E-state index contributed by atoms with van der Waals surface area (Å²) in [4.78, 5) is 22.3. The molecule has 4 heteroatoms. The third-order valence-corrected chi connectivity index (χ3v) is 4.23. The van der Waals surface area contributed by atoms with E-state index in [4.69, 9.17) is 5.11 Å². The van der Waals surface area contributed by atoms with Gasteiger partial charge in [0.1, 0.15) is 0 Å². The summed E-state index contributed by atoms with van der Waals surface area (Å²) in [5, 5.41) is 18.1. The monoisotopic (exact) mass is 358 g/mol. The van der Waals surface area contributed by atoms with Crippen molar-refractivity contribution < 1.29 is 19.8 Å². The molecule has 142 valence electrons. The molecule has 0 aliphatic heterocycles. The lowest BCUT2D eigenvalue weighted by atomic mass is 9.91. The number of aliphatic hydroxyl groups is 1. The number of aliphatic hydroxyl groups excluding tert-OH is 1. The second-order valence-corrected chi connectivity index (χ2v) is 6.37. The van der Waals surface area contributed by atoms with Crippen molar-refractivity contribution in [2.75, 3.05) is 0 Å². The zero-order chi connectivity index (χ0) is 19.2. The Balaban J connectivity index is 2.27. The number of ketones is 1. The molecule has 0 aromatic carbocycles. The van der Waals surface area contributed by atoms with Crippen LogP contribution in [0.4, 0.5) is 0 Å². The van der Waals surface area contributed by atoms with E-state index in [-0.39, 0.29) is 24.0 Å². The van der Waals surface area contributed by atoms with E-state index in [1.807, 2.05) is 31.2 Å². The van der Waals surface area contributed by atoms with Gasteiger partial charge in [0.25, 0.3) is 0 Å². The molecule has 2 N–H and O–H groups in total. The first-order valence-corrected chi connectivity index (χ1v) is 9.29. The molecule has 0 aromatic rings. The lowest BCUT2D eigenvalue weighted by Crippen LogP contribution is -2.13. The maximum absolute atomic E-state index is 11.9. The number of hydrogen-bond acceptors (Lipinski definition) is 3. The number of carboxylic acids is 1. The van der Waals surface area contributed by atoms with Gasteiger partial charge in [0.05, 0.1) is 6.10 Å². The van der Waals surface area contributed by atoms with E-state index in [1.165, 1.54) is 0 Å². The zero-order valence-electron chi connectivity index (χ0n) is 15.5. The van der Waals surface area contributed by atoms with Gasteiger partial charge in [-0.05, 0) is 44.1 Å². The predicted octanol–water partition coefficient (Wildman–Crippen LogP) is 4.39. The summed E-state index contributed by atoms with van der Waals surface area (Å²) in [5.41, 5.74) is 0. The summed E-state index contributed by atoms with van der Waals surface area (Å²) in [6.07, 6.45) is 22.7. The van der Waals surface area contributed by atoms with Crippen molar-refractivity contribution >= 4 is 11.8 Å². The molecule has 0 aromatic heterocycles. The molecule has 26 heavy (non-hydrogen) atoms. The van der Waals surface area contributed by atoms with Crippen LogP contribution in [-0.4, -0.2) is 28.1 Å². The van der Waals surface area contributed by atoms with Crippen LogP contribution in [0.15, 0.2) is 60.8 Å². The summed E-state index contributed by atoms with van der Waals surface area (Å²) in [7, 11) is 0. The molecule has 3 atom stereocenters. The van der Waals surface area contributed by atoms with Crippen molar-refractivity contribution in [3.05, 3.63) is 60.8 Å². The number of rotatable bonds is 12. The molecule has 1 aliphatic rings. The molecule has 0 fully saturated rings. The second kappa shape index (κ2) is 13.1. The molecule has 0 unspecified atom stereocenters. The van der Waals surface area contributed by atoms with Crippen LogP contribution in [0.5, 0.6) is 0 Å². The molecule has 0 amide bonds. The first-order valence-electron chi connectivity index (χ1n) is 9.29. The number of hydrogen-bond donors (Lipinski definition) is 2. The average molecular weight is 358 g/mol. The quantitative estimate of drug-likeness (QED) is 0.507. The Morgan fingerprint density at radius 1 is 1.15 bits per heavy atom. The maximum Gasteiger partial charge on any atom is 0.303 e. The summed E-state index contributed by atoms with van der Waals surface area (Å²) < 4.78 is 0. The average Bonchev–Trinajstić information content (AvgIpc) is 2.97. The largest absolute Gasteiger partial charge is 0.481 e. The van der Waals surface area contributed by atoms with Crippen LogP contribution in [0.3, 0.4) is 0 Å². The fourth-order valence-corrected chi connectivity index (χ4v) is 2.63. The van der Waals surface area contributed by atoms with Gasteiger partial charge in [-0.2, -0.15) is 0 Å². The number of carbonyl (C=O) groups excluding carboxylic acids is 1. The Bertz CT molecular complexity index is 581. The van der Waals surface area contributed by atoms with Gasteiger partial charge in [-0.15, -0.1) is 0 Å². The number of allylic oxidation sites excluding steroid dienone is 9. The molecule has 1 rings (SSSR count). The normalized spacial score (nSPS) is 21.8. The Labute approximate surface area is 156 Å². The lowest BCUT2D eigenvalue weighted by Gasteiger charge is -2.13. The summed E-state index contributed by atoms with van der Waals surface area (Å²) in [6.45, 7) is 1.91. The van der Waals surface area contributed by atoms with E-state index >= 15 is 0 Å². The van der Waals surface area contributed by atoms with E-state index in [1.54, 1.807) is 12.2 Å². The standard InChI is InChI=1S/C22H30O4/c1-2-19(23)15-16-20-18(14-17-21(20)24)12-10-8-6-4-3-5-7-9-11-13-22(25)26/h3-4,7-10,14-20,23H,2,5-6,11-13H2,1H3,(H,25,26)/b4-3-,9-7-,10-8-,16-15+/t18-,19+,20-/m1/s1.